The lowest BCUT2D eigenvalue weighted by Crippen LogP contribution is -2.37. The minimum atomic E-state index is 0.00784. The van der Waals surface area contributed by atoms with Gasteiger partial charge in [-0.05, 0) is 37.0 Å². The Balaban J connectivity index is 1.87. The number of aliphatic hydroxyl groups is 1. The average Bonchev–Trinajstić information content (AvgIpc) is 2.93. The molecule has 0 unspecified atom stereocenters. The first kappa shape index (κ1) is 13.6. The molecule has 0 spiro atoms. The van der Waals surface area contributed by atoms with Crippen molar-refractivity contribution >= 4 is 5.91 Å². The summed E-state index contributed by atoms with van der Waals surface area (Å²) in [5.41, 5.74) is 1.70. The molecule has 0 saturated carbocycles. The number of nitriles is 1. The summed E-state index contributed by atoms with van der Waals surface area (Å²) < 4.78 is 0. The van der Waals surface area contributed by atoms with E-state index in [1.54, 1.807) is 17.0 Å². The largest absolute Gasteiger partial charge is 0.394 e. The van der Waals surface area contributed by atoms with Crippen molar-refractivity contribution in [3.63, 3.8) is 0 Å². The third kappa shape index (κ3) is 3.33. The van der Waals surface area contributed by atoms with Crippen LogP contribution in [0.3, 0.4) is 0 Å². The van der Waals surface area contributed by atoms with Gasteiger partial charge in [0.25, 0.3) is 0 Å². The Bertz CT molecular complexity index is 476. The highest BCUT2D eigenvalue weighted by Crippen LogP contribution is 2.18. The Kier molecular flexibility index (Phi) is 4.53. The SMILES string of the molecule is N#Cc1ccc(CCC(=O)N2CCC[C@@H]2CO)cc1. The Morgan fingerprint density at radius 3 is 2.79 bits per heavy atom. The second-order valence-corrected chi connectivity index (χ2v) is 4.87. The zero-order chi connectivity index (χ0) is 13.7. The van der Waals surface area contributed by atoms with Gasteiger partial charge in [-0.3, -0.25) is 4.79 Å². The predicted octanol–water partition coefficient (Wildman–Crippen LogP) is 1.47. The van der Waals surface area contributed by atoms with E-state index in [1.807, 2.05) is 12.1 Å². The molecular weight excluding hydrogens is 240 g/mol. The lowest BCUT2D eigenvalue weighted by molar-refractivity contribution is -0.132. The number of aliphatic hydroxyl groups excluding tert-OH is 1. The van der Waals surface area contributed by atoms with Gasteiger partial charge in [0.1, 0.15) is 0 Å². The Morgan fingerprint density at radius 2 is 2.16 bits per heavy atom. The maximum absolute atomic E-state index is 12.1. The van der Waals surface area contributed by atoms with Gasteiger partial charge < -0.3 is 10.0 Å². The van der Waals surface area contributed by atoms with E-state index in [4.69, 9.17) is 5.26 Å². The average molecular weight is 258 g/mol. The first-order valence-electron chi connectivity index (χ1n) is 6.64. The van der Waals surface area contributed by atoms with Crippen molar-refractivity contribution in [1.29, 1.82) is 5.26 Å². The number of benzene rings is 1. The number of rotatable bonds is 4. The van der Waals surface area contributed by atoms with Crippen LogP contribution in [0.5, 0.6) is 0 Å². The van der Waals surface area contributed by atoms with Crippen LogP contribution in [0.1, 0.15) is 30.4 Å². The molecule has 4 heteroatoms. The van der Waals surface area contributed by atoms with E-state index in [-0.39, 0.29) is 18.6 Å². The number of nitrogens with zero attached hydrogens (tertiary/aromatic N) is 2. The van der Waals surface area contributed by atoms with Crippen LogP contribution < -0.4 is 0 Å². The van der Waals surface area contributed by atoms with Crippen molar-refractivity contribution in [2.45, 2.75) is 31.7 Å². The van der Waals surface area contributed by atoms with E-state index in [2.05, 4.69) is 6.07 Å². The van der Waals surface area contributed by atoms with Gasteiger partial charge >= 0.3 is 0 Å². The van der Waals surface area contributed by atoms with Crippen LogP contribution in [0.15, 0.2) is 24.3 Å². The molecule has 100 valence electrons. The second-order valence-electron chi connectivity index (χ2n) is 4.87. The molecule has 1 saturated heterocycles. The molecule has 4 nitrogen and oxygen atoms in total. The summed E-state index contributed by atoms with van der Waals surface area (Å²) in [6.45, 7) is 0.819. The highest BCUT2D eigenvalue weighted by atomic mass is 16.3. The molecule has 0 aliphatic carbocycles. The first-order valence-corrected chi connectivity index (χ1v) is 6.64. The molecule has 1 aromatic carbocycles. The van der Waals surface area contributed by atoms with Crippen molar-refractivity contribution in [2.75, 3.05) is 13.2 Å². The van der Waals surface area contributed by atoms with Crippen molar-refractivity contribution in [3.8, 4) is 6.07 Å². The minimum Gasteiger partial charge on any atom is -0.394 e. The molecule has 1 aromatic rings. The van der Waals surface area contributed by atoms with Crippen LogP contribution >= 0.6 is 0 Å². The number of carbonyl (C=O) groups is 1. The quantitative estimate of drug-likeness (QED) is 0.889. The lowest BCUT2D eigenvalue weighted by atomic mass is 10.1. The summed E-state index contributed by atoms with van der Waals surface area (Å²) in [7, 11) is 0. The molecule has 1 fully saturated rings. The molecule has 1 aliphatic heterocycles. The number of aryl methyl sites for hydroxylation is 1. The van der Waals surface area contributed by atoms with Crippen molar-refractivity contribution in [2.24, 2.45) is 0 Å². The maximum Gasteiger partial charge on any atom is 0.223 e. The summed E-state index contributed by atoms with van der Waals surface area (Å²) in [5.74, 6) is 0.112. The van der Waals surface area contributed by atoms with Gasteiger partial charge in [-0.25, -0.2) is 0 Å². The van der Waals surface area contributed by atoms with Crippen molar-refractivity contribution < 1.29 is 9.90 Å². The van der Waals surface area contributed by atoms with Crippen LogP contribution in [0.4, 0.5) is 0 Å². The number of amides is 1. The van der Waals surface area contributed by atoms with Crippen molar-refractivity contribution in [3.05, 3.63) is 35.4 Å². The monoisotopic (exact) mass is 258 g/mol. The first-order chi connectivity index (χ1) is 9.24. The fourth-order valence-corrected chi connectivity index (χ4v) is 2.49. The summed E-state index contributed by atoms with van der Waals surface area (Å²) in [6.07, 6.45) is 3.02. The van der Waals surface area contributed by atoms with Crippen molar-refractivity contribution in [1.82, 2.24) is 4.90 Å². The van der Waals surface area contributed by atoms with Gasteiger partial charge in [0.2, 0.25) is 5.91 Å². The topological polar surface area (TPSA) is 64.3 Å². The lowest BCUT2D eigenvalue weighted by Gasteiger charge is -2.23. The normalized spacial score (nSPS) is 18.3. The van der Waals surface area contributed by atoms with E-state index < -0.39 is 0 Å². The maximum atomic E-state index is 12.1. The number of carbonyl (C=O) groups excluding carboxylic acids is 1. The molecule has 2 rings (SSSR count). The molecule has 1 amide bonds. The van der Waals surface area contributed by atoms with Gasteiger partial charge in [-0.15, -0.1) is 0 Å². The smallest absolute Gasteiger partial charge is 0.223 e. The van der Waals surface area contributed by atoms with Crippen LogP contribution in [-0.4, -0.2) is 35.1 Å². The van der Waals surface area contributed by atoms with Gasteiger partial charge in [0, 0.05) is 13.0 Å². The highest BCUT2D eigenvalue weighted by Gasteiger charge is 2.27. The molecule has 0 radical (unpaired) electrons. The Morgan fingerprint density at radius 1 is 1.42 bits per heavy atom. The van der Waals surface area contributed by atoms with E-state index in [0.29, 0.717) is 18.4 Å². The van der Waals surface area contributed by atoms with E-state index in [9.17, 15) is 9.90 Å². The predicted molar refractivity (Wildman–Crippen MR) is 71.3 cm³/mol. The summed E-state index contributed by atoms with van der Waals surface area (Å²) in [5, 5.41) is 17.9. The van der Waals surface area contributed by atoms with E-state index in [0.717, 1.165) is 24.9 Å². The second kappa shape index (κ2) is 6.35. The Labute approximate surface area is 113 Å². The van der Waals surface area contributed by atoms with Crippen LogP contribution in [0, 0.1) is 11.3 Å². The molecule has 0 aromatic heterocycles. The fourth-order valence-electron chi connectivity index (χ4n) is 2.49. The highest BCUT2D eigenvalue weighted by molar-refractivity contribution is 5.77. The molecule has 19 heavy (non-hydrogen) atoms. The zero-order valence-electron chi connectivity index (χ0n) is 10.9. The number of likely N-dealkylation sites (tertiary alicyclic amines) is 1. The molecule has 1 heterocycles. The number of hydrogen-bond donors (Lipinski definition) is 1. The fraction of sp³-hybridized carbons (Fsp3) is 0.467. The van der Waals surface area contributed by atoms with E-state index >= 15 is 0 Å². The zero-order valence-corrected chi connectivity index (χ0v) is 10.9. The number of hydrogen-bond acceptors (Lipinski definition) is 3. The van der Waals surface area contributed by atoms with E-state index in [1.165, 1.54) is 0 Å². The van der Waals surface area contributed by atoms with Crippen LogP contribution in [0.25, 0.3) is 0 Å². The van der Waals surface area contributed by atoms with Gasteiger partial charge in [0.15, 0.2) is 0 Å². The minimum absolute atomic E-state index is 0.00784. The van der Waals surface area contributed by atoms with Crippen LogP contribution in [-0.2, 0) is 11.2 Å². The summed E-state index contributed by atoms with van der Waals surface area (Å²) in [4.78, 5) is 13.9. The summed E-state index contributed by atoms with van der Waals surface area (Å²) >= 11 is 0. The Hall–Kier alpha value is -1.86. The third-order valence-electron chi connectivity index (χ3n) is 3.62. The van der Waals surface area contributed by atoms with Crippen LogP contribution in [0.2, 0.25) is 0 Å². The standard InChI is InChI=1S/C15H18N2O2/c16-10-13-5-3-12(4-6-13)7-8-15(19)17-9-1-2-14(17)11-18/h3-6,14,18H,1-2,7-9,11H2/t14-/m1/s1. The van der Waals surface area contributed by atoms with Gasteiger partial charge in [-0.1, -0.05) is 12.1 Å². The molecule has 1 N–H and O–H groups in total. The molecule has 1 atom stereocenters. The van der Waals surface area contributed by atoms with Gasteiger partial charge in [-0.2, -0.15) is 5.26 Å². The van der Waals surface area contributed by atoms with Gasteiger partial charge in [0.05, 0.1) is 24.3 Å². The molecule has 0 bridgehead atoms. The molecular formula is C15H18N2O2. The molecule has 1 aliphatic rings. The summed E-state index contributed by atoms with van der Waals surface area (Å²) in [6, 6.07) is 9.40. The third-order valence-corrected chi connectivity index (χ3v) is 3.62.